The summed E-state index contributed by atoms with van der Waals surface area (Å²) in [6.45, 7) is 9.57. The number of carbonyl (C=O) groups is 3. The van der Waals surface area contributed by atoms with Gasteiger partial charge in [-0.15, -0.1) is 0 Å². The van der Waals surface area contributed by atoms with Crippen molar-refractivity contribution in [1.29, 1.82) is 0 Å². The molecular formula is C21H31N3O5. The fourth-order valence-corrected chi connectivity index (χ4v) is 5.40. The Labute approximate surface area is 171 Å². The third-order valence-corrected chi connectivity index (χ3v) is 6.61. The number of piperidine rings is 1. The molecule has 2 bridgehead atoms. The standard InChI is InChI=1S/C21H31N3O5/c1-13-16(12-28-17(13)25)23-7-6-21(18(23)26)8-14-10-22(5)11-15(9-21)24(14)19(27)29-20(2,3)4/h14-15H,6-12H2,1-5H3/t14-,15+,21?. The minimum Gasteiger partial charge on any atom is -0.456 e. The van der Waals surface area contributed by atoms with Crippen molar-refractivity contribution < 1.29 is 23.9 Å². The molecule has 0 aromatic heterocycles. The van der Waals surface area contributed by atoms with Crippen LogP contribution < -0.4 is 0 Å². The van der Waals surface area contributed by atoms with Gasteiger partial charge >= 0.3 is 12.1 Å². The van der Waals surface area contributed by atoms with Gasteiger partial charge in [0.15, 0.2) is 0 Å². The van der Waals surface area contributed by atoms with Crippen LogP contribution in [0.25, 0.3) is 0 Å². The minimum absolute atomic E-state index is 0.0530. The van der Waals surface area contributed by atoms with E-state index < -0.39 is 11.0 Å². The molecule has 0 N–H and O–H groups in total. The number of esters is 1. The molecule has 29 heavy (non-hydrogen) atoms. The van der Waals surface area contributed by atoms with Crippen molar-refractivity contribution in [3.05, 3.63) is 11.3 Å². The Hall–Kier alpha value is -2.09. The van der Waals surface area contributed by atoms with Crippen LogP contribution in [0.5, 0.6) is 0 Å². The molecular weight excluding hydrogens is 374 g/mol. The number of nitrogens with zero attached hydrogens (tertiary/aromatic N) is 3. The molecule has 2 amide bonds. The molecule has 8 nitrogen and oxygen atoms in total. The summed E-state index contributed by atoms with van der Waals surface area (Å²) in [6.07, 6.45) is 1.72. The highest BCUT2D eigenvalue weighted by atomic mass is 16.6. The molecule has 1 spiro atoms. The van der Waals surface area contributed by atoms with Gasteiger partial charge in [-0.1, -0.05) is 0 Å². The smallest absolute Gasteiger partial charge is 0.410 e. The van der Waals surface area contributed by atoms with E-state index in [-0.39, 0.29) is 36.7 Å². The molecule has 4 aliphatic heterocycles. The number of cyclic esters (lactones) is 1. The zero-order valence-electron chi connectivity index (χ0n) is 18.0. The van der Waals surface area contributed by atoms with Crippen LogP contribution in [0.2, 0.25) is 0 Å². The van der Waals surface area contributed by atoms with Crippen molar-refractivity contribution in [3.63, 3.8) is 0 Å². The Morgan fingerprint density at radius 2 is 1.79 bits per heavy atom. The van der Waals surface area contributed by atoms with Gasteiger partial charge in [0.2, 0.25) is 5.91 Å². The Balaban J connectivity index is 1.57. The first-order valence-corrected chi connectivity index (χ1v) is 10.4. The lowest BCUT2D eigenvalue weighted by atomic mass is 9.69. The van der Waals surface area contributed by atoms with Gasteiger partial charge < -0.3 is 19.3 Å². The minimum atomic E-state index is -0.550. The van der Waals surface area contributed by atoms with Crippen molar-refractivity contribution in [1.82, 2.24) is 14.7 Å². The van der Waals surface area contributed by atoms with Crippen molar-refractivity contribution in [2.75, 3.05) is 33.3 Å². The highest BCUT2D eigenvalue weighted by Crippen LogP contribution is 2.49. The van der Waals surface area contributed by atoms with Gasteiger partial charge in [0, 0.05) is 31.7 Å². The number of rotatable bonds is 1. The average molecular weight is 405 g/mol. The van der Waals surface area contributed by atoms with Crippen LogP contribution in [-0.2, 0) is 19.1 Å². The molecule has 160 valence electrons. The van der Waals surface area contributed by atoms with Crippen LogP contribution >= 0.6 is 0 Å². The van der Waals surface area contributed by atoms with E-state index >= 15 is 0 Å². The topological polar surface area (TPSA) is 79.4 Å². The number of hydrogen-bond donors (Lipinski definition) is 0. The SMILES string of the molecule is CC1=C(N2CCC3(C[C@H]4CN(C)C[C@@H](C3)N4C(=O)OC(C)(C)C)C2=O)COC1=O. The first-order valence-electron chi connectivity index (χ1n) is 10.4. The molecule has 3 atom stereocenters. The second-order valence-corrected chi connectivity index (χ2v) is 9.96. The number of hydrogen-bond acceptors (Lipinski definition) is 6. The summed E-state index contributed by atoms with van der Waals surface area (Å²) >= 11 is 0. The summed E-state index contributed by atoms with van der Waals surface area (Å²) < 4.78 is 10.8. The van der Waals surface area contributed by atoms with E-state index in [9.17, 15) is 14.4 Å². The molecule has 8 heteroatoms. The summed E-state index contributed by atoms with van der Waals surface area (Å²) in [6, 6.07) is -0.106. The van der Waals surface area contributed by atoms with E-state index in [1.165, 1.54) is 0 Å². The maximum Gasteiger partial charge on any atom is 0.410 e. The fraction of sp³-hybridized carbons (Fsp3) is 0.762. The number of amides is 2. The maximum absolute atomic E-state index is 13.5. The maximum atomic E-state index is 13.5. The van der Waals surface area contributed by atoms with Gasteiger partial charge in [0.05, 0.1) is 16.7 Å². The number of likely N-dealkylation sites (N-methyl/N-ethyl adjacent to an activating group) is 1. The third kappa shape index (κ3) is 3.41. The lowest BCUT2D eigenvalue weighted by molar-refractivity contribution is -0.143. The molecule has 0 radical (unpaired) electrons. The molecule has 1 unspecified atom stereocenters. The van der Waals surface area contributed by atoms with Crippen LogP contribution in [0.4, 0.5) is 4.79 Å². The number of likely N-dealkylation sites (tertiary alicyclic amines) is 2. The van der Waals surface area contributed by atoms with Crippen LogP contribution in [-0.4, -0.2) is 83.6 Å². The molecule has 3 fully saturated rings. The first-order chi connectivity index (χ1) is 13.5. The van der Waals surface area contributed by atoms with Gasteiger partial charge in [-0.25, -0.2) is 9.59 Å². The van der Waals surface area contributed by atoms with E-state index in [4.69, 9.17) is 9.47 Å². The summed E-state index contributed by atoms with van der Waals surface area (Å²) in [4.78, 5) is 44.0. The van der Waals surface area contributed by atoms with Gasteiger partial charge in [0.25, 0.3) is 0 Å². The number of fused-ring (bicyclic) bond motifs is 2. The van der Waals surface area contributed by atoms with Crippen LogP contribution in [0.15, 0.2) is 11.3 Å². The third-order valence-electron chi connectivity index (χ3n) is 6.61. The molecule has 3 saturated heterocycles. The predicted molar refractivity (Wildman–Crippen MR) is 105 cm³/mol. The molecule has 0 aromatic carbocycles. The largest absolute Gasteiger partial charge is 0.456 e. The number of piperazine rings is 1. The van der Waals surface area contributed by atoms with Crippen molar-refractivity contribution in [3.8, 4) is 0 Å². The summed E-state index contributed by atoms with van der Waals surface area (Å²) in [7, 11) is 2.06. The molecule has 4 heterocycles. The molecule has 0 aliphatic carbocycles. The Kier molecular flexibility index (Phi) is 4.68. The monoisotopic (exact) mass is 405 g/mol. The van der Waals surface area contributed by atoms with Crippen molar-refractivity contribution >= 4 is 18.0 Å². The highest BCUT2D eigenvalue weighted by molar-refractivity contribution is 5.94. The normalized spacial score (nSPS) is 33.0. The fourth-order valence-electron chi connectivity index (χ4n) is 5.40. The van der Waals surface area contributed by atoms with Crippen LogP contribution in [0, 0.1) is 5.41 Å². The van der Waals surface area contributed by atoms with Crippen molar-refractivity contribution in [2.45, 2.75) is 64.6 Å². The molecule has 4 rings (SSSR count). The van der Waals surface area contributed by atoms with Gasteiger partial charge in [-0.2, -0.15) is 0 Å². The van der Waals surface area contributed by atoms with E-state index in [2.05, 4.69) is 11.9 Å². The zero-order chi connectivity index (χ0) is 21.1. The predicted octanol–water partition coefficient (Wildman–Crippen LogP) is 1.75. The number of ether oxygens (including phenoxy) is 2. The van der Waals surface area contributed by atoms with E-state index in [1.54, 1.807) is 11.8 Å². The molecule has 0 saturated carbocycles. The van der Waals surface area contributed by atoms with Gasteiger partial charge in [-0.05, 0) is 54.0 Å². The van der Waals surface area contributed by atoms with Gasteiger partial charge in [-0.3, -0.25) is 9.69 Å². The Morgan fingerprint density at radius 1 is 1.17 bits per heavy atom. The summed E-state index contributed by atoms with van der Waals surface area (Å²) in [5.74, 6) is -0.263. The molecule has 0 aromatic rings. The zero-order valence-corrected chi connectivity index (χ0v) is 18.0. The Bertz CT molecular complexity index is 768. The lowest BCUT2D eigenvalue weighted by Crippen LogP contribution is -2.66. The average Bonchev–Trinajstić information content (AvgIpc) is 3.06. The number of carbonyl (C=O) groups excluding carboxylic acids is 3. The van der Waals surface area contributed by atoms with Crippen molar-refractivity contribution in [2.24, 2.45) is 5.41 Å². The quantitative estimate of drug-likeness (QED) is 0.619. The van der Waals surface area contributed by atoms with Crippen LogP contribution in [0.1, 0.15) is 47.0 Å². The second-order valence-electron chi connectivity index (χ2n) is 9.96. The van der Waals surface area contributed by atoms with E-state index in [1.807, 2.05) is 25.7 Å². The van der Waals surface area contributed by atoms with E-state index in [0.717, 1.165) is 19.5 Å². The Morgan fingerprint density at radius 3 is 2.31 bits per heavy atom. The first kappa shape index (κ1) is 20.2. The van der Waals surface area contributed by atoms with Crippen LogP contribution in [0.3, 0.4) is 0 Å². The van der Waals surface area contributed by atoms with Gasteiger partial charge in [0.1, 0.15) is 12.2 Å². The summed E-state index contributed by atoms with van der Waals surface area (Å²) in [5.41, 5.74) is 0.203. The lowest BCUT2D eigenvalue weighted by Gasteiger charge is -2.53. The highest BCUT2D eigenvalue weighted by Gasteiger charge is 2.57. The molecule has 4 aliphatic rings. The van der Waals surface area contributed by atoms with E-state index in [0.29, 0.717) is 30.7 Å². The second kappa shape index (κ2) is 6.72. The summed E-state index contributed by atoms with van der Waals surface area (Å²) in [5, 5.41) is 0.